The van der Waals surface area contributed by atoms with Crippen LogP contribution in [0.3, 0.4) is 0 Å². The zero-order chi connectivity index (χ0) is 17.3. The van der Waals surface area contributed by atoms with Crippen LogP contribution in [-0.4, -0.2) is 40.6 Å². The molecule has 0 aliphatic carbocycles. The van der Waals surface area contributed by atoms with E-state index in [2.05, 4.69) is 12.0 Å². The molecule has 1 N–H and O–H groups in total. The third-order valence-electron chi connectivity index (χ3n) is 4.56. The number of fused-ring (bicyclic) bond motifs is 1. The van der Waals surface area contributed by atoms with Crippen molar-refractivity contribution in [1.29, 1.82) is 0 Å². The van der Waals surface area contributed by atoms with Crippen molar-refractivity contribution in [3.05, 3.63) is 30.1 Å². The lowest BCUT2D eigenvalue weighted by Crippen LogP contribution is -2.40. The second-order valence-corrected chi connectivity index (χ2v) is 6.14. The van der Waals surface area contributed by atoms with Gasteiger partial charge in [0.15, 0.2) is 0 Å². The number of nitrogens with zero attached hydrogens (tertiary/aromatic N) is 3. The van der Waals surface area contributed by atoms with E-state index in [-0.39, 0.29) is 18.6 Å². The average molecular weight is 329 g/mol. The number of amides is 1. The van der Waals surface area contributed by atoms with Gasteiger partial charge in [0, 0.05) is 35.9 Å². The first-order valence-electron chi connectivity index (χ1n) is 8.20. The number of benzene rings is 1. The van der Waals surface area contributed by atoms with E-state index < -0.39 is 0 Å². The quantitative estimate of drug-likeness (QED) is 0.934. The van der Waals surface area contributed by atoms with E-state index in [4.69, 9.17) is 9.84 Å². The molecule has 128 valence electrons. The van der Waals surface area contributed by atoms with Gasteiger partial charge in [-0.2, -0.15) is 5.10 Å². The topological polar surface area (TPSA) is 67.6 Å². The number of ether oxygens (including phenoxy) is 1. The largest absolute Gasteiger partial charge is 0.496 e. The molecule has 1 aromatic heterocycles. The number of hydrogen-bond acceptors (Lipinski definition) is 4. The van der Waals surface area contributed by atoms with Crippen molar-refractivity contribution in [2.45, 2.75) is 39.3 Å². The van der Waals surface area contributed by atoms with Gasteiger partial charge in [-0.3, -0.25) is 9.48 Å². The molecular weight excluding hydrogens is 306 g/mol. The number of aliphatic hydroxyl groups is 1. The Morgan fingerprint density at radius 2 is 2.25 bits per heavy atom. The summed E-state index contributed by atoms with van der Waals surface area (Å²) < 4.78 is 7.41. The molecule has 1 aliphatic heterocycles. The van der Waals surface area contributed by atoms with Crippen molar-refractivity contribution >= 4 is 11.6 Å². The molecule has 24 heavy (non-hydrogen) atoms. The molecule has 2 aromatic rings. The molecule has 0 unspecified atom stereocenters. The Hall–Kier alpha value is -2.34. The minimum Gasteiger partial charge on any atom is -0.496 e. The van der Waals surface area contributed by atoms with Crippen LogP contribution in [-0.2, 0) is 17.8 Å². The molecule has 0 bridgehead atoms. The van der Waals surface area contributed by atoms with Crippen LogP contribution >= 0.6 is 0 Å². The van der Waals surface area contributed by atoms with Crippen molar-refractivity contribution < 1.29 is 14.6 Å². The van der Waals surface area contributed by atoms with Crippen molar-refractivity contribution in [3.63, 3.8) is 0 Å². The Balaban J connectivity index is 2.08. The van der Waals surface area contributed by atoms with Crippen LogP contribution in [0.25, 0.3) is 11.1 Å². The summed E-state index contributed by atoms with van der Waals surface area (Å²) in [5, 5.41) is 13.3. The minimum atomic E-state index is 0.0495. The lowest BCUT2D eigenvalue weighted by Gasteiger charge is -2.35. The number of carbonyl (C=O) groups is 1. The number of carbonyl (C=O) groups excluding carboxylic acids is 1. The van der Waals surface area contributed by atoms with Gasteiger partial charge in [0.25, 0.3) is 0 Å². The van der Waals surface area contributed by atoms with Gasteiger partial charge in [-0.05, 0) is 31.9 Å². The fourth-order valence-electron chi connectivity index (χ4n) is 3.47. The molecular formula is C18H23N3O3. The maximum absolute atomic E-state index is 12.0. The molecule has 2 heterocycles. The number of methoxy groups -OCH3 is 1. The predicted octanol–water partition coefficient (Wildman–Crippen LogP) is 2.24. The Kier molecular flexibility index (Phi) is 4.57. The first kappa shape index (κ1) is 16.5. The smallest absolute Gasteiger partial charge is 0.224 e. The van der Waals surface area contributed by atoms with Crippen molar-refractivity contribution in [2.24, 2.45) is 0 Å². The fourth-order valence-corrected chi connectivity index (χ4v) is 3.47. The zero-order valence-corrected chi connectivity index (χ0v) is 14.3. The summed E-state index contributed by atoms with van der Waals surface area (Å²) in [5.74, 6) is 0.850. The average Bonchev–Trinajstić information content (AvgIpc) is 3.01. The van der Waals surface area contributed by atoms with Gasteiger partial charge in [-0.1, -0.05) is 0 Å². The molecule has 1 atom stereocenters. The van der Waals surface area contributed by atoms with Gasteiger partial charge in [0.2, 0.25) is 5.91 Å². The van der Waals surface area contributed by atoms with Crippen molar-refractivity contribution in [1.82, 2.24) is 9.78 Å². The Labute approximate surface area is 141 Å². The number of aliphatic hydroxyl groups excluding tert-OH is 1. The molecule has 0 saturated heterocycles. The van der Waals surface area contributed by atoms with Crippen LogP contribution in [0.2, 0.25) is 0 Å². The summed E-state index contributed by atoms with van der Waals surface area (Å²) in [4.78, 5) is 13.9. The molecule has 1 aromatic carbocycles. The highest BCUT2D eigenvalue weighted by Gasteiger charge is 2.29. The fraction of sp³-hybridized carbons (Fsp3) is 0.444. The van der Waals surface area contributed by atoms with E-state index in [0.29, 0.717) is 6.54 Å². The van der Waals surface area contributed by atoms with E-state index in [1.54, 1.807) is 24.9 Å². The Bertz CT molecular complexity index is 754. The summed E-state index contributed by atoms with van der Waals surface area (Å²) in [5.41, 5.74) is 3.90. The van der Waals surface area contributed by atoms with E-state index in [1.807, 2.05) is 23.2 Å². The highest BCUT2D eigenvalue weighted by molar-refractivity contribution is 5.95. The van der Waals surface area contributed by atoms with Crippen LogP contribution < -0.4 is 9.64 Å². The summed E-state index contributed by atoms with van der Waals surface area (Å²) in [6.07, 6.45) is 5.46. The number of anilines is 1. The third-order valence-corrected chi connectivity index (χ3v) is 4.56. The number of hydrogen-bond donors (Lipinski definition) is 1. The second-order valence-electron chi connectivity index (χ2n) is 6.14. The highest BCUT2D eigenvalue weighted by atomic mass is 16.5. The van der Waals surface area contributed by atoms with E-state index in [0.717, 1.165) is 41.0 Å². The van der Waals surface area contributed by atoms with Gasteiger partial charge in [0.1, 0.15) is 5.75 Å². The maximum Gasteiger partial charge on any atom is 0.224 e. The van der Waals surface area contributed by atoms with Crippen LogP contribution in [0.5, 0.6) is 5.75 Å². The number of rotatable bonds is 4. The van der Waals surface area contributed by atoms with Gasteiger partial charge in [0.05, 0.1) is 32.1 Å². The SMILES string of the molecule is COc1c(-c2cnn(CCO)c2)ccc2c1CC[C@H](C)N2C(C)=O. The molecule has 0 saturated carbocycles. The molecule has 0 spiro atoms. The van der Waals surface area contributed by atoms with Crippen LogP contribution in [0.4, 0.5) is 5.69 Å². The zero-order valence-electron chi connectivity index (χ0n) is 14.3. The molecule has 3 rings (SSSR count). The first-order valence-corrected chi connectivity index (χ1v) is 8.20. The molecule has 0 fully saturated rings. The summed E-state index contributed by atoms with van der Waals surface area (Å²) >= 11 is 0. The van der Waals surface area contributed by atoms with Gasteiger partial charge in [-0.15, -0.1) is 0 Å². The monoisotopic (exact) mass is 329 g/mol. The highest BCUT2D eigenvalue weighted by Crippen LogP contribution is 2.42. The summed E-state index contributed by atoms with van der Waals surface area (Å²) in [6, 6.07) is 4.16. The van der Waals surface area contributed by atoms with Gasteiger partial charge in [-0.25, -0.2) is 0 Å². The van der Waals surface area contributed by atoms with Crippen molar-refractivity contribution in [2.75, 3.05) is 18.6 Å². The standard InChI is InChI=1S/C18H23N3O3/c1-12-4-5-16-17(21(12)13(2)23)7-6-15(18(16)24-3)14-10-19-20(11-14)8-9-22/h6-7,10-12,22H,4-5,8-9H2,1-3H3/t12-/m0/s1. The third kappa shape index (κ3) is 2.78. The normalized spacial score (nSPS) is 16.8. The van der Waals surface area contributed by atoms with Gasteiger partial charge < -0.3 is 14.7 Å². The number of aromatic nitrogens is 2. The Morgan fingerprint density at radius 1 is 1.46 bits per heavy atom. The van der Waals surface area contributed by atoms with E-state index in [1.165, 1.54) is 0 Å². The van der Waals surface area contributed by atoms with Crippen LogP contribution in [0, 0.1) is 0 Å². The van der Waals surface area contributed by atoms with E-state index in [9.17, 15) is 4.79 Å². The molecule has 6 nitrogen and oxygen atoms in total. The second kappa shape index (κ2) is 6.65. The molecule has 1 aliphatic rings. The van der Waals surface area contributed by atoms with Gasteiger partial charge >= 0.3 is 0 Å². The van der Waals surface area contributed by atoms with E-state index >= 15 is 0 Å². The summed E-state index contributed by atoms with van der Waals surface area (Å²) in [6.45, 7) is 4.19. The first-order chi connectivity index (χ1) is 11.6. The van der Waals surface area contributed by atoms with Crippen LogP contribution in [0.1, 0.15) is 25.8 Å². The lowest BCUT2D eigenvalue weighted by atomic mass is 9.92. The summed E-state index contributed by atoms with van der Waals surface area (Å²) in [7, 11) is 1.66. The van der Waals surface area contributed by atoms with Crippen molar-refractivity contribution in [3.8, 4) is 16.9 Å². The maximum atomic E-state index is 12.0. The molecule has 6 heteroatoms. The molecule has 1 amide bonds. The molecule has 0 radical (unpaired) electrons. The predicted molar refractivity (Wildman–Crippen MR) is 92.2 cm³/mol. The van der Waals surface area contributed by atoms with Crippen LogP contribution in [0.15, 0.2) is 24.5 Å². The minimum absolute atomic E-state index is 0.0495. The Morgan fingerprint density at radius 3 is 2.92 bits per heavy atom. The lowest BCUT2D eigenvalue weighted by molar-refractivity contribution is -0.117.